The number of hydrogen-bond acceptors (Lipinski definition) is 4. The SMILES string of the molecule is CC(C(=O)Nc1ccc(F)cc1Cl)N(C)CC(=O)Nc1ccc(Br)cn1. The second-order valence-electron chi connectivity index (χ2n) is 5.61. The van der Waals surface area contributed by atoms with E-state index in [1.165, 1.54) is 12.1 Å². The second kappa shape index (κ2) is 9.07. The smallest absolute Gasteiger partial charge is 0.241 e. The van der Waals surface area contributed by atoms with E-state index in [4.69, 9.17) is 11.6 Å². The highest BCUT2D eigenvalue weighted by Crippen LogP contribution is 2.22. The van der Waals surface area contributed by atoms with Gasteiger partial charge < -0.3 is 10.6 Å². The van der Waals surface area contributed by atoms with E-state index in [0.29, 0.717) is 11.5 Å². The van der Waals surface area contributed by atoms with Gasteiger partial charge in [0.25, 0.3) is 0 Å². The van der Waals surface area contributed by atoms with E-state index < -0.39 is 11.9 Å². The number of nitrogens with zero attached hydrogens (tertiary/aromatic N) is 2. The van der Waals surface area contributed by atoms with Crippen LogP contribution in [0.3, 0.4) is 0 Å². The van der Waals surface area contributed by atoms with Crippen LogP contribution in [0.25, 0.3) is 0 Å². The Balaban J connectivity index is 1.90. The zero-order valence-corrected chi connectivity index (χ0v) is 16.4. The molecule has 138 valence electrons. The molecule has 6 nitrogen and oxygen atoms in total. The molecule has 0 aliphatic carbocycles. The van der Waals surface area contributed by atoms with E-state index >= 15 is 0 Å². The van der Waals surface area contributed by atoms with Crippen LogP contribution in [0.1, 0.15) is 6.92 Å². The molecule has 0 aliphatic rings. The van der Waals surface area contributed by atoms with Crippen molar-refractivity contribution in [1.29, 1.82) is 0 Å². The maximum absolute atomic E-state index is 13.1. The lowest BCUT2D eigenvalue weighted by Gasteiger charge is -2.23. The predicted molar refractivity (Wildman–Crippen MR) is 103 cm³/mol. The predicted octanol–water partition coefficient (Wildman–Crippen LogP) is 3.53. The molecule has 0 saturated heterocycles. The third-order valence-electron chi connectivity index (χ3n) is 3.62. The van der Waals surface area contributed by atoms with Crippen LogP contribution in [0.5, 0.6) is 0 Å². The van der Waals surface area contributed by atoms with Crippen LogP contribution < -0.4 is 10.6 Å². The molecule has 2 amide bonds. The number of amides is 2. The normalized spacial score (nSPS) is 11.9. The number of rotatable bonds is 6. The standard InChI is InChI=1S/C17H17BrClFN4O2/c1-10(17(26)22-14-5-4-12(20)7-13(14)19)24(2)9-16(25)23-15-6-3-11(18)8-21-15/h3-8,10H,9H2,1-2H3,(H,22,26)(H,21,23,25). The minimum atomic E-state index is -0.611. The molecular weight excluding hydrogens is 427 g/mol. The third kappa shape index (κ3) is 5.76. The van der Waals surface area contributed by atoms with Crippen LogP contribution in [0.2, 0.25) is 5.02 Å². The zero-order chi connectivity index (χ0) is 19.3. The highest BCUT2D eigenvalue weighted by atomic mass is 79.9. The van der Waals surface area contributed by atoms with E-state index in [9.17, 15) is 14.0 Å². The number of aromatic nitrogens is 1. The van der Waals surface area contributed by atoms with Gasteiger partial charge in [0.15, 0.2) is 0 Å². The Hall–Kier alpha value is -2.03. The van der Waals surface area contributed by atoms with E-state index in [0.717, 1.165) is 10.5 Å². The van der Waals surface area contributed by atoms with Crippen molar-refractivity contribution in [2.24, 2.45) is 0 Å². The lowest BCUT2D eigenvalue weighted by Crippen LogP contribution is -2.43. The van der Waals surface area contributed by atoms with Crippen molar-refractivity contribution in [2.75, 3.05) is 24.2 Å². The summed E-state index contributed by atoms with van der Waals surface area (Å²) in [5.41, 5.74) is 0.307. The summed E-state index contributed by atoms with van der Waals surface area (Å²) in [5, 5.41) is 5.37. The van der Waals surface area contributed by atoms with Gasteiger partial charge in [-0.1, -0.05) is 11.6 Å². The van der Waals surface area contributed by atoms with Crippen LogP contribution in [-0.2, 0) is 9.59 Å². The summed E-state index contributed by atoms with van der Waals surface area (Å²) < 4.78 is 13.9. The van der Waals surface area contributed by atoms with Gasteiger partial charge in [-0.3, -0.25) is 14.5 Å². The van der Waals surface area contributed by atoms with E-state index in [-0.39, 0.29) is 23.4 Å². The molecule has 2 N–H and O–H groups in total. The fourth-order valence-electron chi connectivity index (χ4n) is 2.02. The van der Waals surface area contributed by atoms with Gasteiger partial charge in [-0.05, 0) is 60.2 Å². The molecule has 9 heteroatoms. The minimum absolute atomic E-state index is 0.0104. The molecule has 2 aromatic rings. The van der Waals surface area contributed by atoms with Crippen LogP contribution in [0, 0.1) is 5.82 Å². The molecule has 0 bridgehead atoms. The van der Waals surface area contributed by atoms with Gasteiger partial charge in [-0.2, -0.15) is 0 Å². The quantitative estimate of drug-likeness (QED) is 0.716. The highest BCUT2D eigenvalue weighted by Gasteiger charge is 2.21. The molecule has 1 aromatic carbocycles. The van der Waals surface area contributed by atoms with E-state index in [2.05, 4.69) is 31.5 Å². The average molecular weight is 444 g/mol. The molecular formula is C17H17BrClFN4O2. The first-order chi connectivity index (χ1) is 12.3. The van der Waals surface area contributed by atoms with Gasteiger partial charge >= 0.3 is 0 Å². The van der Waals surface area contributed by atoms with Gasteiger partial charge in [0.05, 0.1) is 23.3 Å². The van der Waals surface area contributed by atoms with Crippen molar-refractivity contribution in [3.63, 3.8) is 0 Å². The average Bonchev–Trinajstić information content (AvgIpc) is 2.58. The molecule has 0 radical (unpaired) electrons. The first-order valence-corrected chi connectivity index (χ1v) is 8.81. The number of pyridine rings is 1. The summed E-state index contributed by atoms with van der Waals surface area (Å²) in [4.78, 5) is 30.0. The molecule has 2 rings (SSSR count). The summed E-state index contributed by atoms with van der Waals surface area (Å²) in [6.07, 6.45) is 1.57. The first-order valence-electron chi connectivity index (χ1n) is 7.64. The Kier molecular flexibility index (Phi) is 7.07. The van der Waals surface area contributed by atoms with Crippen LogP contribution in [-0.4, -0.2) is 41.3 Å². The number of carbonyl (C=O) groups excluding carboxylic acids is 2. The van der Waals surface area contributed by atoms with Crippen LogP contribution >= 0.6 is 27.5 Å². The topological polar surface area (TPSA) is 74.3 Å². The first kappa shape index (κ1) is 20.3. The maximum Gasteiger partial charge on any atom is 0.241 e. The lowest BCUT2D eigenvalue weighted by atomic mass is 10.2. The van der Waals surface area contributed by atoms with Crippen LogP contribution in [0.15, 0.2) is 41.0 Å². The molecule has 0 spiro atoms. The summed E-state index contributed by atoms with van der Waals surface area (Å²) in [5.74, 6) is -0.740. The summed E-state index contributed by atoms with van der Waals surface area (Å²) in [6, 6.07) is 6.51. The molecule has 1 atom stereocenters. The van der Waals surface area contributed by atoms with E-state index in [1.54, 1.807) is 37.2 Å². The molecule has 0 aliphatic heterocycles. The monoisotopic (exact) mass is 442 g/mol. The van der Waals surface area contributed by atoms with Gasteiger partial charge in [0, 0.05) is 10.7 Å². The van der Waals surface area contributed by atoms with Gasteiger partial charge in [0.1, 0.15) is 11.6 Å². The Labute approximate surface area is 163 Å². The fourth-order valence-corrected chi connectivity index (χ4v) is 2.47. The van der Waals surface area contributed by atoms with Crippen molar-refractivity contribution >= 4 is 50.9 Å². The van der Waals surface area contributed by atoms with Crippen molar-refractivity contribution < 1.29 is 14.0 Å². The molecule has 26 heavy (non-hydrogen) atoms. The number of benzene rings is 1. The molecule has 1 aromatic heterocycles. The maximum atomic E-state index is 13.1. The molecule has 0 saturated carbocycles. The Bertz CT molecular complexity index is 804. The van der Waals surface area contributed by atoms with Crippen molar-refractivity contribution in [2.45, 2.75) is 13.0 Å². The largest absolute Gasteiger partial charge is 0.323 e. The van der Waals surface area contributed by atoms with Crippen molar-refractivity contribution in [1.82, 2.24) is 9.88 Å². The van der Waals surface area contributed by atoms with E-state index in [1.807, 2.05) is 0 Å². The summed E-state index contributed by atoms with van der Waals surface area (Å²) in [6.45, 7) is 1.64. The number of likely N-dealkylation sites (N-methyl/N-ethyl adjacent to an activating group) is 1. The minimum Gasteiger partial charge on any atom is -0.323 e. The zero-order valence-electron chi connectivity index (χ0n) is 14.1. The number of nitrogens with one attached hydrogen (secondary N) is 2. The highest BCUT2D eigenvalue weighted by molar-refractivity contribution is 9.10. The molecule has 1 unspecified atom stereocenters. The van der Waals surface area contributed by atoms with Crippen LogP contribution in [0.4, 0.5) is 15.9 Å². The number of hydrogen-bond donors (Lipinski definition) is 2. The summed E-state index contributed by atoms with van der Waals surface area (Å²) in [7, 11) is 1.64. The number of halogens is 3. The number of anilines is 2. The van der Waals surface area contributed by atoms with Crippen molar-refractivity contribution in [3.05, 3.63) is 51.8 Å². The van der Waals surface area contributed by atoms with Gasteiger partial charge in [-0.15, -0.1) is 0 Å². The summed E-state index contributed by atoms with van der Waals surface area (Å²) >= 11 is 9.17. The van der Waals surface area contributed by atoms with Gasteiger partial charge in [-0.25, -0.2) is 9.37 Å². The molecule has 0 fully saturated rings. The fraction of sp³-hybridized carbons (Fsp3) is 0.235. The Morgan fingerprint density at radius 1 is 1.31 bits per heavy atom. The van der Waals surface area contributed by atoms with Crippen molar-refractivity contribution in [3.8, 4) is 0 Å². The Morgan fingerprint density at radius 2 is 2.04 bits per heavy atom. The molecule has 1 heterocycles. The number of carbonyl (C=O) groups is 2. The second-order valence-corrected chi connectivity index (χ2v) is 6.94. The van der Waals surface area contributed by atoms with Gasteiger partial charge in [0.2, 0.25) is 11.8 Å². The Morgan fingerprint density at radius 3 is 2.65 bits per heavy atom. The lowest BCUT2D eigenvalue weighted by molar-refractivity contribution is -0.122. The third-order valence-corrected chi connectivity index (χ3v) is 4.40.